The summed E-state index contributed by atoms with van der Waals surface area (Å²) in [6.45, 7) is 3.57. The summed E-state index contributed by atoms with van der Waals surface area (Å²) in [5, 5.41) is 20.9. The van der Waals surface area contributed by atoms with Crippen molar-refractivity contribution in [2.75, 3.05) is 24.3 Å². The van der Waals surface area contributed by atoms with E-state index in [2.05, 4.69) is 5.32 Å². The number of nitrogens with one attached hydrogen (secondary N) is 1. The van der Waals surface area contributed by atoms with Crippen LogP contribution < -0.4 is 15.8 Å². The fourth-order valence-corrected chi connectivity index (χ4v) is 1.43. The van der Waals surface area contributed by atoms with E-state index < -0.39 is 6.04 Å². The maximum atomic E-state index is 8.99. The molecule has 17 heavy (non-hydrogen) atoms. The lowest BCUT2D eigenvalue weighted by Crippen LogP contribution is -2.27. The molecule has 0 fully saturated rings. The van der Waals surface area contributed by atoms with Gasteiger partial charge in [-0.05, 0) is 19.9 Å². The van der Waals surface area contributed by atoms with Gasteiger partial charge in [0.25, 0.3) is 0 Å². The van der Waals surface area contributed by atoms with Crippen LogP contribution in [0.25, 0.3) is 0 Å². The average molecular weight is 240 g/mol. The fraction of sp³-hybridized carbons (Fsp3) is 0.500. The summed E-state index contributed by atoms with van der Waals surface area (Å²) in [6, 6.07) is 4.85. The summed E-state index contributed by atoms with van der Waals surface area (Å²) < 4.78 is 5.54. The highest BCUT2D eigenvalue weighted by Gasteiger charge is 2.07. The van der Waals surface area contributed by atoms with Crippen LogP contribution in [0, 0.1) is 0 Å². The Hall–Kier alpha value is -1.46. The number of aliphatic hydroxyl groups excluding tert-OH is 2. The number of ether oxygens (including phenoxy) is 1. The number of hydrogen-bond donors (Lipinski definition) is 4. The van der Waals surface area contributed by atoms with Crippen LogP contribution in [-0.4, -0.2) is 35.6 Å². The summed E-state index contributed by atoms with van der Waals surface area (Å²) in [5.74, 6) is 0.664. The zero-order valence-corrected chi connectivity index (χ0v) is 10.2. The first-order valence-electron chi connectivity index (χ1n) is 5.60. The lowest BCUT2D eigenvalue weighted by atomic mass is 10.2. The number of nitrogen functional groups attached to an aromatic ring is 1. The Morgan fingerprint density at radius 3 is 2.41 bits per heavy atom. The third-order valence-electron chi connectivity index (χ3n) is 2.11. The maximum Gasteiger partial charge on any atom is 0.123 e. The minimum absolute atomic E-state index is 0.0659. The van der Waals surface area contributed by atoms with Crippen LogP contribution in [0.3, 0.4) is 0 Å². The first-order chi connectivity index (χ1) is 8.05. The molecule has 5 nitrogen and oxygen atoms in total. The van der Waals surface area contributed by atoms with Gasteiger partial charge in [0.15, 0.2) is 0 Å². The predicted octanol–water partition coefficient (Wildman–Crippen LogP) is 0.821. The molecule has 5 heteroatoms. The Morgan fingerprint density at radius 2 is 1.88 bits per heavy atom. The second kappa shape index (κ2) is 6.32. The molecular formula is C12H20N2O3. The molecule has 0 amide bonds. The van der Waals surface area contributed by atoms with Gasteiger partial charge < -0.3 is 26.0 Å². The van der Waals surface area contributed by atoms with Crippen molar-refractivity contribution in [3.05, 3.63) is 18.2 Å². The summed E-state index contributed by atoms with van der Waals surface area (Å²) in [7, 11) is 0. The molecule has 0 bridgehead atoms. The molecule has 0 saturated carbocycles. The monoisotopic (exact) mass is 240 g/mol. The number of hydrogen-bond acceptors (Lipinski definition) is 5. The molecule has 0 saturated heterocycles. The van der Waals surface area contributed by atoms with Crippen LogP contribution >= 0.6 is 0 Å². The molecule has 0 spiro atoms. The molecule has 0 atom stereocenters. The minimum Gasteiger partial charge on any atom is -0.491 e. The van der Waals surface area contributed by atoms with Gasteiger partial charge in [-0.25, -0.2) is 0 Å². The van der Waals surface area contributed by atoms with Crippen molar-refractivity contribution < 1.29 is 14.9 Å². The first-order valence-corrected chi connectivity index (χ1v) is 5.60. The Labute approximate surface area is 101 Å². The molecule has 96 valence electrons. The van der Waals surface area contributed by atoms with Crippen LogP contribution in [0.4, 0.5) is 11.4 Å². The van der Waals surface area contributed by atoms with Gasteiger partial charge >= 0.3 is 0 Å². The van der Waals surface area contributed by atoms with Crippen LogP contribution in [0.1, 0.15) is 13.8 Å². The lowest BCUT2D eigenvalue weighted by molar-refractivity contribution is 0.203. The van der Waals surface area contributed by atoms with Gasteiger partial charge in [0.2, 0.25) is 0 Å². The second-order valence-electron chi connectivity index (χ2n) is 4.16. The van der Waals surface area contributed by atoms with E-state index in [1.165, 1.54) is 0 Å². The van der Waals surface area contributed by atoms with E-state index in [4.69, 9.17) is 20.7 Å². The minimum atomic E-state index is -0.399. The van der Waals surface area contributed by atoms with E-state index in [1.807, 2.05) is 13.8 Å². The molecule has 1 aromatic rings. The van der Waals surface area contributed by atoms with Gasteiger partial charge in [-0.15, -0.1) is 0 Å². The van der Waals surface area contributed by atoms with Crippen molar-refractivity contribution in [1.29, 1.82) is 0 Å². The summed E-state index contributed by atoms with van der Waals surface area (Å²) in [4.78, 5) is 0. The number of rotatable bonds is 6. The van der Waals surface area contributed by atoms with E-state index >= 15 is 0 Å². The van der Waals surface area contributed by atoms with Gasteiger partial charge in [0.05, 0.1) is 25.4 Å². The van der Waals surface area contributed by atoms with Crippen molar-refractivity contribution in [2.45, 2.75) is 26.0 Å². The van der Waals surface area contributed by atoms with E-state index in [-0.39, 0.29) is 19.3 Å². The largest absolute Gasteiger partial charge is 0.491 e. The third-order valence-corrected chi connectivity index (χ3v) is 2.11. The van der Waals surface area contributed by atoms with Crippen molar-refractivity contribution >= 4 is 11.4 Å². The predicted molar refractivity (Wildman–Crippen MR) is 68.2 cm³/mol. The molecule has 1 rings (SSSR count). The van der Waals surface area contributed by atoms with Gasteiger partial charge in [-0.1, -0.05) is 0 Å². The Balaban J connectivity index is 2.81. The number of aliphatic hydroxyl groups is 2. The molecule has 0 heterocycles. The quantitative estimate of drug-likeness (QED) is 0.553. The van der Waals surface area contributed by atoms with E-state index in [0.29, 0.717) is 17.1 Å². The highest BCUT2D eigenvalue weighted by molar-refractivity contribution is 5.59. The topological polar surface area (TPSA) is 87.7 Å². The van der Waals surface area contributed by atoms with Crippen LogP contribution in [0.15, 0.2) is 18.2 Å². The Bertz CT molecular complexity index is 352. The van der Waals surface area contributed by atoms with Crippen molar-refractivity contribution in [2.24, 2.45) is 0 Å². The normalized spacial score (nSPS) is 10.9. The summed E-state index contributed by atoms with van der Waals surface area (Å²) in [5.41, 5.74) is 7.03. The second-order valence-corrected chi connectivity index (χ2v) is 4.16. The lowest BCUT2D eigenvalue weighted by Gasteiger charge is -2.17. The number of benzene rings is 1. The van der Waals surface area contributed by atoms with Gasteiger partial charge in [-0.2, -0.15) is 0 Å². The number of anilines is 2. The molecule has 0 aliphatic rings. The van der Waals surface area contributed by atoms with Crippen LogP contribution in [-0.2, 0) is 0 Å². The first kappa shape index (κ1) is 13.6. The smallest absolute Gasteiger partial charge is 0.123 e. The van der Waals surface area contributed by atoms with Crippen molar-refractivity contribution in [3.63, 3.8) is 0 Å². The molecular weight excluding hydrogens is 220 g/mol. The molecule has 0 aliphatic heterocycles. The highest BCUT2D eigenvalue weighted by atomic mass is 16.5. The van der Waals surface area contributed by atoms with E-state index in [9.17, 15) is 0 Å². The molecule has 0 aromatic heterocycles. The highest BCUT2D eigenvalue weighted by Crippen LogP contribution is 2.23. The third kappa shape index (κ3) is 4.50. The van der Waals surface area contributed by atoms with E-state index in [0.717, 1.165) is 0 Å². The summed E-state index contributed by atoms with van der Waals surface area (Å²) >= 11 is 0. The molecule has 0 unspecified atom stereocenters. The average Bonchev–Trinajstić information content (AvgIpc) is 2.24. The molecule has 5 N–H and O–H groups in total. The van der Waals surface area contributed by atoms with Crippen LogP contribution in [0.2, 0.25) is 0 Å². The van der Waals surface area contributed by atoms with Gasteiger partial charge in [-0.3, -0.25) is 0 Å². The SMILES string of the molecule is CC(C)Oc1cc(N)cc(NC(CO)CO)c1. The molecule has 0 radical (unpaired) electrons. The van der Waals surface area contributed by atoms with Crippen LogP contribution in [0.5, 0.6) is 5.75 Å². The zero-order chi connectivity index (χ0) is 12.8. The zero-order valence-electron chi connectivity index (χ0n) is 10.2. The summed E-state index contributed by atoms with van der Waals surface area (Å²) in [6.07, 6.45) is 0.0659. The van der Waals surface area contributed by atoms with Gasteiger partial charge in [0, 0.05) is 23.5 Å². The maximum absolute atomic E-state index is 8.99. The fourth-order valence-electron chi connectivity index (χ4n) is 1.43. The number of nitrogens with two attached hydrogens (primary N) is 1. The standard InChI is InChI=1S/C12H20N2O3/c1-8(2)17-12-4-9(13)3-10(5-12)14-11(6-15)7-16/h3-5,8,11,14-16H,6-7,13H2,1-2H3. The van der Waals surface area contributed by atoms with Crippen molar-refractivity contribution in [1.82, 2.24) is 0 Å². The Morgan fingerprint density at radius 1 is 1.24 bits per heavy atom. The van der Waals surface area contributed by atoms with E-state index in [1.54, 1.807) is 18.2 Å². The van der Waals surface area contributed by atoms with Gasteiger partial charge in [0.1, 0.15) is 5.75 Å². The Kier molecular flexibility index (Phi) is 5.06. The van der Waals surface area contributed by atoms with Crippen molar-refractivity contribution in [3.8, 4) is 5.75 Å². The molecule has 0 aliphatic carbocycles. The molecule has 1 aromatic carbocycles.